The van der Waals surface area contributed by atoms with Gasteiger partial charge in [0.1, 0.15) is 11.6 Å². The van der Waals surface area contributed by atoms with Crippen molar-refractivity contribution in [2.24, 2.45) is 0 Å². The number of amides is 1. The molecule has 0 bridgehead atoms. The number of rotatable bonds is 5. The predicted octanol–water partition coefficient (Wildman–Crippen LogP) is 3.90. The highest BCUT2D eigenvalue weighted by molar-refractivity contribution is 7.90. The molecule has 32 heavy (non-hydrogen) atoms. The Balaban J connectivity index is 0.00000141. The van der Waals surface area contributed by atoms with E-state index in [2.05, 4.69) is 15.3 Å². The van der Waals surface area contributed by atoms with Crippen LogP contribution in [0.15, 0.2) is 72.1 Å². The molecule has 9 heteroatoms. The third-order valence-corrected chi connectivity index (χ3v) is 5.55. The molecule has 3 heterocycles. The number of hydrogen-bond acceptors (Lipinski definition) is 5. The highest BCUT2D eigenvalue weighted by Crippen LogP contribution is 2.22. The van der Waals surface area contributed by atoms with Crippen LogP contribution in [-0.2, 0) is 16.4 Å². The van der Waals surface area contributed by atoms with Crippen LogP contribution in [-0.4, -0.2) is 34.9 Å². The zero-order valence-corrected chi connectivity index (χ0v) is 18.7. The Morgan fingerprint density at radius 2 is 1.75 bits per heavy atom. The van der Waals surface area contributed by atoms with Gasteiger partial charge in [-0.1, -0.05) is 19.9 Å². The molecule has 0 fully saturated rings. The molecule has 0 saturated carbocycles. The summed E-state index contributed by atoms with van der Waals surface area (Å²) >= 11 is 0. The van der Waals surface area contributed by atoms with Crippen LogP contribution < -0.4 is 5.32 Å². The van der Waals surface area contributed by atoms with E-state index >= 15 is 0 Å². The maximum Gasteiger partial charge on any atom is 0.253 e. The van der Waals surface area contributed by atoms with Gasteiger partial charge in [0.15, 0.2) is 14.9 Å². The van der Waals surface area contributed by atoms with E-state index in [1.54, 1.807) is 47.1 Å². The molecular weight excluding hydrogens is 431 g/mol. The number of carbonyl (C=O) groups excluding carboxylic acids is 1. The van der Waals surface area contributed by atoms with Crippen LogP contribution in [0, 0.1) is 5.82 Å². The van der Waals surface area contributed by atoms with E-state index in [0.29, 0.717) is 22.5 Å². The topological polar surface area (TPSA) is 93.4 Å². The molecular formula is C23H23FN4O3S. The number of hydrogen-bond donors (Lipinski definition) is 1. The van der Waals surface area contributed by atoms with Crippen LogP contribution >= 0.6 is 0 Å². The summed E-state index contributed by atoms with van der Waals surface area (Å²) in [5, 5.41) is 2.78. The summed E-state index contributed by atoms with van der Waals surface area (Å²) in [6, 6.07) is 12.4. The largest absolute Gasteiger partial charge is 0.348 e. The highest BCUT2D eigenvalue weighted by Gasteiger charge is 2.15. The van der Waals surface area contributed by atoms with E-state index in [-0.39, 0.29) is 23.3 Å². The third-order valence-electron chi connectivity index (χ3n) is 4.55. The third kappa shape index (κ3) is 5.00. The molecule has 3 aromatic heterocycles. The molecule has 1 N–H and O–H groups in total. The first-order chi connectivity index (χ1) is 15.3. The van der Waals surface area contributed by atoms with Crippen LogP contribution in [0.2, 0.25) is 0 Å². The lowest BCUT2D eigenvalue weighted by atomic mass is 10.2. The molecule has 0 atom stereocenters. The van der Waals surface area contributed by atoms with Crippen LogP contribution in [0.1, 0.15) is 29.8 Å². The van der Waals surface area contributed by atoms with Crippen molar-refractivity contribution in [3.05, 3.63) is 84.1 Å². The van der Waals surface area contributed by atoms with E-state index in [0.717, 1.165) is 11.8 Å². The molecule has 4 aromatic rings. The van der Waals surface area contributed by atoms with Gasteiger partial charge >= 0.3 is 0 Å². The second-order valence-electron chi connectivity index (χ2n) is 6.73. The molecule has 0 unspecified atom stereocenters. The summed E-state index contributed by atoms with van der Waals surface area (Å²) in [5.41, 5.74) is 2.44. The average molecular weight is 455 g/mol. The molecule has 0 spiro atoms. The lowest BCUT2D eigenvalue weighted by Crippen LogP contribution is -2.23. The Hall–Kier alpha value is -3.59. The number of sulfone groups is 1. The summed E-state index contributed by atoms with van der Waals surface area (Å²) < 4.78 is 37.9. The Bertz CT molecular complexity index is 1330. The lowest BCUT2D eigenvalue weighted by molar-refractivity contribution is 0.0952. The van der Waals surface area contributed by atoms with Gasteiger partial charge in [-0.25, -0.2) is 22.8 Å². The molecule has 1 aromatic carbocycles. The number of fused-ring (bicyclic) bond motifs is 1. The lowest BCUT2D eigenvalue weighted by Gasteiger charge is -2.08. The number of benzene rings is 1. The van der Waals surface area contributed by atoms with Crippen molar-refractivity contribution >= 4 is 21.3 Å². The SMILES string of the molecule is CC.CS(=O)(=O)c1ccc(CNC(=O)c2cccn3c(-c4ccc(F)cc4)ncc23)cn1. The summed E-state index contributed by atoms with van der Waals surface area (Å²) in [4.78, 5) is 21.0. The van der Waals surface area contributed by atoms with Gasteiger partial charge in [0, 0.05) is 30.8 Å². The molecule has 166 valence electrons. The number of aromatic nitrogens is 3. The molecule has 0 radical (unpaired) electrons. The molecule has 0 saturated heterocycles. The number of nitrogens with zero attached hydrogens (tertiary/aromatic N) is 3. The van der Waals surface area contributed by atoms with Gasteiger partial charge in [0.25, 0.3) is 5.91 Å². The summed E-state index contributed by atoms with van der Waals surface area (Å²) in [6.07, 6.45) is 5.88. The zero-order valence-electron chi connectivity index (χ0n) is 17.9. The van der Waals surface area contributed by atoms with Crippen LogP contribution in [0.25, 0.3) is 16.9 Å². The summed E-state index contributed by atoms with van der Waals surface area (Å²) in [5.74, 6) is -0.0442. The normalized spacial score (nSPS) is 11.0. The fourth-order valence-electron chi connectivity index (χ4n) is 3.04. The Labute approximate surface area is 185 Å². The van der Waals surface area contributed by atoms with Gasteiger partial charge in [-0.3, -0.25) is 9.20 Å². The Morgan fingerprint density at radius 3 is 2.38 bits per heavy atom. The predicted molar refractivity (Wildman–Crippen MR) is 120 cm³/mol. The molecule has 4 rings (SSSR count). The molecule has 1 amide bonds. The van der Waals surface area contributed by atoms with Crippen molar-refractivity contribution in [1.82, 2.24) is 19.7 Å². The highest BCUT2D eigenvalue weighted by atomic mass is 32.2. The fourth-order valence-corrected chi connectivity index (χ4v) is 3.60. The zero-order chi connectivity index (χ0) is 23.3. The van der Waals surface area contributed by atoms with E-state index in [4.69, 9.17) is 0 Å². The van der Waals surface area contributed by atoms with Crippen molar-refractivity contribution in [2.45, 2.75) is 25.4 Å². The van der Waals surface area contributed by atoms with Gasteiger partial charge < -0.3 is 5.32 Å². The second-order valence-corrected chi connectivity index (χ2v) is 8.69. The standard InChI is InChI=1S/C21H17FN4O3S.C2H6/c1-30(28,29)19-9-4-14(11-23-19)12-25-21(27)17-3-2-10-26-18(17)13-24-20(26)15-5-7-16(22)8-6-15;1-2/h2-11,13H,12H2,1H3,(H,25,27);1-2H3. The Kier molecular flexibility index (Phi) is 6.99. The van der Waals surface area contributed by atoms with Gasteiger partial charge in [-0.2, -0.15) is 0 Å². The first-order valence-corrected chi connectivity index (χ1v) is 11.9. The Morgan fingerprint density at radius 1 is 1.03 bits per heavy atom. The van der Waals surface area contributed by atoms with Crippen molar-refractivity contribution < 1.29 is 17.6 Å². The van der Waals surface area contributed by atoms with Crippen LogP contribution in [0.5, 0.6) is 0 Å². The van der Waals surface area contributed by atoms with Gasteiger partial charge in [-0.15, -0.1) is 0 Å². The van der Waals surface area contributed by atoms with Crippen LogP contribution in [0.4, 0.5) is 4.39 Å². The first-order valence-electron chi connectivity index (χ1n) is 9.98. The number of halogens is 1. The van der Waals surface area contributed by atoms with Crippen LogP contribution in [0.3, 0.4) is 0 Å². The van der Waals surface area contributed by atoms with Crippen molar-refractivity contribution in [3.63, 3.8) is 0 Å². The van der Waals surface area contributed by atoms with E-state index in [1.807, 2.05) is 13.8 Å². The molecule has 0 aliphatic carbocycles. The fraction of sp³-hybridized carbons (Fsp3) is 0.174. The monoisotopic (exact) mass is 454 g/mol. The second kappa shape index (κ2) is 9.69. The maximum absolute atomic E-state index is 13.2. The molecule has 0 aliphatic rings. The number of nitrogens with one attached hydrogen (secondary N) is 1. The summed E-state index contributed by atoms with van der Waals surface area (Å²) in [6.45, 7) is 4.19. The minimum Gasteiger partial charge on any atom is -0.348 e. The van der Waals surface area contributed by atoms with E-state index in [9.17, 15) is 17.6 Å². The quantitative estimate of drug-likeness (QED) is 0.494. The average Bonchev–Trinajstić information content (AvgIpc) is 3.23. The minimum atomic E-state index is -3.37. The first kappa shape index (κ1) is 23.1. The molecule has 7 nitrogen and oxygen atoms in total. The van der Waals surface area contributed by atoms with Gasteiger partial charge in [-0.05, 0) is 48.0 Å². The number of imidazole rings is 1. The minimum absolute atomic E-state index is 0.0186. The molecule has 0 aliphatic heterocycles. The van der Waals surface area contributed by atoms with Crippen molar-refractivity contribution in [1.29, 1.82) is 0 Å². The van der Waals surface area contributed by atoms with Gasteiger partial charge in [0.2, 0.25) is 0 Å². The van der Waals surface area contributed by atoms with Crippen molar-refractivity contribution in [3.8, 4) is 11.4 Å². The maximum atomic E-state index is 13.2. The van der Waals surface area contributed by atoms with Crippen molar-refractivity contribution in [2.75, 3.05) is 6.26 Å². The smallest absolute Gasteiger partial charge is 0.253 e. The number of carbonyl (C=O) groups is 1. The van der Waals surface area contributed by atoms with E-state index < -0.39 is 9.84 Å². The summed E-state index contributed by atoms with van der Waals surface area (Å²) in [7, 11) is -3.37. The van der Waals surface area contributed by atoms with E-state index in [1.165, 1.54) is 24.4 Å². The number of pyridine rings is 2. The van der Waals surface area contributed by atoms with Gasteiger partial charge in [0.05, 0.1) is 17.3 Å².